The van der Waals surface area contributed by atoms with Crippen LogP contribution in [0.25, 0.3) is 11.1 Å². The number of nitrogens with one attached hydrogen (secondary N) is 2. The van der Waals surface area contributed by atoms with Crippen LogP contribution in [0.5, 0.6) is 0 Å². The number of cyclic esters (lactones) is 1. The minimum atomic E-state index is -0.593. The van der Waals surface area contributed by atoms with Crippen molar-refractivity contribution < 1.29 is 28.3 Å². The summed E-state index contributed by atoms with van der Waals surface area (Å²) in [4.78, 5) is 40.7. The first-order valence-electron chi connectivity index (χ1n) is 9.53. The molecular weight excluding hydrogens is 407 g/mol. The quantitative estimate of drug-likeness (QED) is 0.757. The lowest BCUT2D eigenvalue weighted by Gasteiger charge is -2.15. The first-order chi connectivity index (χ1) is 14.9. The highest BCUT2D eigenvalue weighted by Gasteiger charge is 2.32. The van der Waals surface area contributed by atoms with E-state index in [1.54, 1.807) is 36.4 Å². The summed E-state index contributed by atoms with van der Waals surface area (Å²) in [5.41, 5.74) is 1.95. The third-order valence-corrected chi connectivity index (χ3v) is 4.80. The number of benzene rings is 2. The first-order valence-corrected chi connectivity index (χ1v) is 9.53. The number of amidine groups is 1. The minimum Gasteiger partial charge on any atom is -0.442 e. The van der Waals surface area contributed by atoms with Gasteiger partial charge < -0.3 is 20.2 Å². The molecule has 0 aromatic heterocycles. The Hall–Kier alpha value is -3.95. The molecule has 160 valence electrons. The molecule has 2 heterocycles. The Bertz CT molecular complexity index is 1070. The largest absolute Gasteiger partial charge is 0.442 e. The van der Waals surface area contributed by atoms with E-state index in [9.17, 15) is 18.8 Å². The molecule has 2 N–H and O–H groups in total. The molecule has 0 spiro atoms. The van der Waals surface area contributed by atoms with Gasteiger partial charge in [-0.15, -0.1) is 0 Å². The minimum absolute atomic E-state index is 0.127. The molecule has 0 bridgehead atoms. The summed E-state index contributed by atoms with van der Waals surface area (Å²) in [6.45, 7) is 1.66. The number of rotatable bonds is 5. The normalized spacial score (nSPS) is 18.1. The van der Waals surface area contributed by atoms with Crippen molar-refractivity contribution in [3.63, 3.8) is 0 Å². The lowest BCUT2D eigenvalue weighted by molar-refractivity contribution is -0.125. The summed E-state index contributed by atoms with van der Waals surface area (Å²) < 4.78 is 20.0. The van der Waals surface area contributed by atoms with Gasteiger partial charge in [-0.05, 0) is 23.8 Å². The molecule has 2 aliphatic rings. The van der Waals surface area contributed by atoms with E-state index >= 15 is 0 Å². The van der Waals surface area contributed by atoms with Crippen LogP contribution in [0.3, 0.4) is 0 Å². The molecule has 10 heteroatoms. The Labute approximate surface area is 176 Å². The standard InChI is InChI=1S/C21H19FN4O5/c1-12(27)23-9-16-10-26(21(29)31-16)15-6-7-17(18(22)8-15)13-2-4-14(5-3-13)20-24-19(28)11-30-25-20/h2-8,16H,9-11H2,1H3,(H,23,27)(H,24,25,28)/t16-/m0/s1. The zero-order valence-corrected chi connectivity index (χ0v) is 16.6. The number of hydrogen-bond donors (Lipinski definition) is 2. The molecule has 2 aromatic rings. The van der Waals surface area contributed by atoms with Crippen LogP contribution in [-0.2, 0) is 19.2 Å². The maximum atomic E-state index is 14.8. The maximum absolute atomic E-state index is 14.8. The Morgan fingerprint density at radius 2 is 1.97 bits per heavy atom. The Balaban J connectivity index is 1.49. The second-order valence-electron chi connectivity index (χ2n) is 7.06. The van der Waals surface area contributed by atoms with Gasteiger partial charge in [-0.2, -0.15) is 0 Å². The lowest BCUT2D eigenvalue weighted by Crippen LogP contribution is -2.37. The molecule has 0 radical (unpaired) electrons. The smallest absolute Gasteiger partial charge is 0.414 e. The van der Waals surface area contributed by atoms with Gasteiger partial charge >= 0.3 is 6.09 Å². The fraction of sp³-hybridized carbons (Fsp3) is 0.238. The summed E-state index contributed by atoms with van der Waals surface area (Å²) in [6, 6.07) is 11.3. The highest BCUT2D eigenvalue weighted by molar-refractivity contribution is 6.09. The SMILES string of the molecule is CC(=O)NC[C@H]1CN(c2ccc(-c3ccc(C4=NOCC(=O)N4)cc3)c(F)c2)C(=O)O1. The van der Waals surface area contributed by atoms with Gasteiger partial charge in [-0.3, -0.25) is 14.5 Å². The van der Waals surface area contributed by atoms with Gasteiger partial charge in [0, 0.05) is 18.1 Å². The zero-order chi connectivity index (χ0) is 22.0. The zero-order valence-electron chi connectivity index (χ0n) is 16.6. The molecule has 1 saturated heterocycles. The average molecular weight is 426 g/mol. The van der Waals surface area contributed by atoms with Crippen LogP contribution in [0.2, 0.25) is 0 Å². The molecule has 2 aliphatic heterocycles. The number of ether oxygens (including phenoxy) is 1. The van der Waals surface area contributed by atoms with Crippen molar-refractivity contribution in [3.05, 3.63) is 53.8 Å². The van der Waals surface area contributed by atoms with Crippen LogP contribution in [0.15, 0.2) is 47.6 Å². The van der Waals surface area contributed by atoms with Crippen molar-refractivity contribution in [2.75, 3.05) is 24.6 Å². The van der Waals surface area contributed by atoms with Gasteiger partial charge in [-0.1, -0.05) is 29.4 Å². The number of anilines is 1. The van der Waals surface area contributed by atoms with Gasteiger partial charge in [0.05, 0.1) is 18.8 Å². The predicted octanol–water partition coefficient (Wildman–Crippen LogP) is 1.76. The summed E-state index contributed by atoms with van der Waals surface area (Å²) >= 11 is 0. The van der Waals surface area contributed by atoms with E-state index in [0.717, 1.165) is 0 Å². The molecule has 31 heavy (non-hydrogen) atoms. The molecule has 3 amide bonds. The molecule has 4 rings (SSSR count). The number of halogens is 1. The monoisotopic (exact) mass is 426 g/mol. The fourth-order valence-electron chi connectivity index (χ4n) is 3.28. The van der Waals surface area contributed by atoms with Crippen molar-refractivity contribution >= 4 is 29.4 Å². The van der Waals surface area contributed by atoms with Crippen LogP contribution in [0.1, 0.15) is 12.5 Å². The van der Waals surface area contributed by atoms with Crippen LogP contribution < -0.4 is 15.5 Å². The predicted molar refractivity (Wildman–Crippen MR) is 109 cm³/mol. The van der Waals surface area contributed by atoms with Crippen molar-refractivity contribution in [3.8, 4) is 11.1 Å². The number of carbonyl (C=O) groups is 3. The van der Waals surface area contributed by atoms with Crippen molar-refractivity contribution in [1.82, 2.24) is 10.6 Å². The Morgan fingerprint density at radius 3 is 2.65 bits per heavy atom. The van der Waals surface area contributed by atoms with E-state index < -0.39 is 18.0 Å². The van der Waals surface area contributed by atoms with Gasteiger partial charge in [0.1, 0.15) is 11.9 Å². The fourth-order valence-corrected chi connectivity index (χ4v) is 3.28. The number of nitrogens with zero attached hydrogens (tertiary/aromatic N) is 2. The molecule has 0 saturated carbocycles. The van der Waals surface area contributed by atoms with Crippen LogP contribution in [0.4, 0.5) is 14.9 Å². The number of amides is 3. The Morgan fingerprint density at radius 1 is 1.23 bits per heavy atom. The van der Waals surface area contributed by atoms with Gasteiger partial charge in [-0.25, -0.2) is 9.18 Å². The van der Waals surface area contributed by atoms with E-state index in [1.165, 1.54) is 17.9 Å². The second kappa shape index (κ2) is 8.42. The lowest BCUT2D eigenvalue weighted by atomic mass is 10.0. The van der Waals surface area contributed by atoms with E-state index in [0.29, 0.717) is 28.2 Å². The molecule has 2 aromatic carbocycles. The Kier molecular flexibility index (Phi) is 5.52. The number of oxime groups is 1. The van der Waals surface area contributed by atoms with Crippen molar-refractivity contribution in [2.45, 2.75) is 13.0 Å². The third-order valence-electron chi connectivity index (χ3n) is 4.80. The van der Waals surface area contributed by atoms with Gasteiger partial charge in [0.25, 0.3) is 5.91 Å². The third kappa shape index (κ3) is 4.47. The summed E-state index contributed by atoms with van der Waals surface area (Å²) in [6.07, 6.45) is -1.09. The molecule has 9 nitrogen and oxygen atoms in total. The van der Waals surface area contributed by atoms with Gasteiger partial charge in [0.2, 0.25) is 5.91 Å². The second-order valence-corrected chi connectivity index (χ2v) is 7.06. The summed E-state index contributed by atoms with van der Waals surface area (Å²) in [7, 11) is 0. The van der Waals surface area contributed by atoms with Gasteiger partial charge in [0.15, 0.2) is 12.4 Å². The molecular formula is C21H19FN4O5. The van der Waals surface area contributed by atoms with Crippen molar-refractivity contribution in [2.24, 2.45) is 5.16 Å². The highest BCUT2D eigenvalue weighted by Crippen LogP contribution is 2.29. The van der Waals surface area contributed by atoms with E-state index in [2.05, 4.69) is 15.8 Å². The highest BCUT2D eigenvalue weighted by atomic mass is 19.1. The van der Waals surface area contributed by atoms with Crippen molar-refractivity contribution in [1.29, 1.82) is 0 Å². The molecule has 0 aliphatic carbocycles. The van der Waals surface area contributed by atoms with E-state index in [4.69, 9.17) is 9.57 Å². The number of carbonyl (C=O) groups excluding carboxylic acids is 3. The first kappa shape index (κ1) is 20.3. The molecule has 1 atom stereocenters. The van der Waals surface area contributed by atoms with Crippen LogP contribution >= 0.6 is 0 Å². The summed E-state index contributed by atoms with van der Waals surface area (Å²) in [5.74, 6) is -0.730. The number of hydrogen-bond acceptors (Lipinski definition) is 6. The average Bonchev–Trinajstić information content (AvgIpc) is 3.13. The van der Waals surface area contributed by atoms with Crippen LogP contribution in [0, 0.1) is 5.82 Å². The topological polar surface area (TPSA) is 109 Å². The van der Waals surface area contributed by atoms with Crippen LogP contribution in [-0.4, -0.2) is 49.5 Å². The molecule has 0 unspecified atom stereocenters. The molecule has 1 fully saturated rings. The summed E-state index contributed by atoms with van der Waals surface area (Å²) in [5, 5.41) is 9.00. The maximum Gasteiger partial charge on any atom is 0.414 e. The van der Waals surface area contributed by atoms with E-state index in [1.807, 2.05) is 0 Å². The van der Waals surface area contributed by atoms with E-state index in [-0.39, 0.29) is 31.5 Å².